The molecular weight excluding hydrogens is 439 g/mol. The summed E-state index contributed by atoms with van der Waals surface area (Å²) in [5.74, 6) is 0.846. The number of hydrogen-bond acceptors (Lipinski definition) is 7. The third-order valence-corrected chi connectivity index (χ3v) is 6.75. The minimum atomic E-state index is -4.62. The van der Waals surface area contributed by atoms with Crippen molar-refractivity contribution < 1.29 is 35.8 Å². The van der Waals surface area contributed by atoms with Gasteiger partial charge in [0.2, 0.25) is 10.0 Å². The van der Waals surface area contributed by atoms with Gasteiger partial charge in [-0.25, -0.2) is 13.4 Å². The maximum absolute atomic E-state index is 13.1. The summed E-state index contributed by atoms with van der Waals surface area (Å²) in [4.78, 5) is 7.15. The van der Waals surface area contributed by atoms with Crippen molar-refractivity contribution in [2.24, 2.45) is 0 Å². The molecule has 1 aromatic heterocycles. The molecule has 0 saturated carbocycles. The zero-order valence-corrected chi connectivity index (χ0v) is 17.2. The van der Waals surface area contributed by atoms with Gasteiger partial charge in [0.25, 0.3) is 0 Å². The van der Waals surface area contributed by atoms with Crippen molar-refractivity contribution >= 4 is 10.0 Å². The number of halogens is 3. The lowest BCUT2D eigenvalue weighted by Gasteiger charge is -2.31. The van der Waals surface area contributed by atoms with Crippen LogP contribution < -0.4 is 14.2 Å². The van der Waals surface area contributed by atoms with Gasteiger partial charge in [0.15, 0.2) is 17.2 Å². The van der Waals surface area contributed by atoms with Crippen LogP contribution in [0.3, 0.4) is 0 Å². The minimum absolute atomic E-state index is 0.0314. The molecule has 2 aliphatic heterocycles. The lowest BCUT2D eigenvalue weighted by Crippen LogP contribution is -2.44. The molecule has 2 aromatic rings. The largest absolute Gasteiger partial charge is 0.490 e. The van der Waals surface area contributed by atoms with E-state index in [9.17, 15) is 21.6 Å². The van der Waals surface area contributed by atoms with Gasteiger partial charge in [-0.3, -0.25) is 0 Å². The van der Waals surface area contributed by atoms with Crippen molar-refractivity contribution in [3.63, 3.8) is 0 Å². The van der Waals surface area contributed by atoms with Crippen molar-refractivity contribution in [2.45, 2.75) is 36.4 Å². The van der Waals surface area contributed by atoms with E-state index in [4.69, 9.17) is 14.2 Å². The average molecular weight is 459 g/mol. The van der Waals surface area contributed by atoms with E-state index in [-0.39, 0.29) is 18.0 Å². The van der Waals surface area contributed by atoms with Gasteiger partial charge in [0, 0.05) is 25.2 Å². The SMILES string of the molecule is O=S(=O)(c1ccc2c(c1)OCCCO2)N1CCCC(Oc2nccc(C(F)(F)F)n2)C1. The van der Waals surface area contributed by atoms with Gasteiger partial charge in [0.1, 0.15) is 6.10 Å². The first kappa shape index (κ1) is 21.6. The molecule has 1 saturated heterocycles. The number of rotatable bonds is 4. The van der Waals surface area contributed by atoms with Crippen LogP contribution in [-0.2, 0) is 16.2 Å². The third-order valence-electron chi connectivity index (χ3n) is 4.89. The molecule has 8 nitrogen and oxygen atoms in total. The maximum Gasteiger partial charge on any atom is 0.433 e. The molecule has 12 heteroatoms. The fourth-order valence-electron chi connectivity index (χ4n) is 3.38. The molecule has 0 N–H and O–H groups in total. The molecule has 0 bridgehead atoms. The topological polar surface area (TPSA) is 90.9 Å². The second-order valence-electron chi connectivity index (χ2n) is 7.13. The summed E-state index contributed by atoms with van der Waals surface area (Å²) < 4.78 is 82.6. The van der Waals surface area contributed by atoms with Crippen LogP contribution in [0.4, 0.5) is 13.2 Å². The van der Waals surface area contributed by atoms with Crippen molar-refractivity contribution in [3.8, 4) is 17.5 Å². The number of nitrogens with zero attached hydrogens (tertiary/aromatic N) is 3. The molecule has 1 aromatic carbocycles. The minimum Gasteiger partial charge on any atom is -0.490 e. The number of benzene rings is 1. The highest BCUT2D eigenvalue weighted by Gasteiger charge is 2.35. The van der Waals surface area contributed by atoms with Crippen molar-refractivity contribution in [3.05, 3.63) is 36.2 Å². The Kier molecular flexibility index (Phi) is 5.93. The first-order valence-electron chi connectivity index (χ1n) is 9.70. The Morgan fingerprint density at radius 2 is 1.87 bits per heavy atom. The van der Waals surface area contributed by atoms with Crippen LogP contribution in [-0.4, -0.2) is 55.1 Å². The molecular formula is C19H20F3N3O5S. The molecule has 0 aliphatic carbocycles. The monoisotopic (exact) mass is 459 g/mol. The van der Waals surface area contributed by atoms with Crippen molar-refractivity contribution in [1.29, 1.82) is 0 Å². The van der Waals surface area contributed by atoms with E-state index >= 15 is 0 Å². The standard InChI is InChI=1S/C19H20F3N3O5S/c20-19(21,22)17-6-7-23-18(24-17)30-13-3-1-8-25(12-13)31(26,27)14-4-5-15-16(11-14)29-10-2-9-28-15/h4-7,11,13H,1-3,8-10,12H2. The Labute approximate surface area is 177 Å². The lowest BCUT2D eigenvalue weighted by molar-refractivity contribution is -0.141. The van der Waals surface area contributed by atoms with Gasteiger partial charge in [-0.1, -0.05) is 0 Å². The summed E-state index contributed by atoms with van der Waals surface area (Å²) >= 11 is 0. The molecule has 3 heterocycles. The van der Waals surface area contributed by atoms with E-state index in [1.165, 1.54) is 16.4 Å². The van der Waals surface area contributed by atoms with E-state index in [0.29, 0.717) is 44.0 Å². The summed E-state index contributed by atoms with van der Waals surface area (Å²) in [6, 6.07) is 4.74. The highest BCUT2D eigenvalue weighted by molar-refractivity contribution is 7.89. The van der Waals surface area contributed by atoms with E-state index < -0.39 is 34.0 Å². The quantitative estimate of drug-likeness (QED) is 0.694. The Balaban J connectivity index is 1.50. The molecule has 2 aliphatic rings. The van der Waals surface area contributed by atoms with Crippen LogP contribution in [0, 0.1) is 0 Å². The first-order valence-corrected chi connectivity index (χ1v) is 11.1. The Hall–Kier alpha value is -2.60. The van der Waals surface area contributed by atoms with E-state index in [1.54, 1.807) is 6.07 Å². The first-order chi connectivity index (χ1) is 14.7. The van der Waals surface area contributed by atoms with Crippen LogP contribution in [0.1, 0.15) is 25.0 Å². The van der Waals surface area contributed by atoms with E-state index in [1.807, 2.05) is 0 Å². The Morgan fingerprint density at radius 1 is 1.10 bits per heavy atom. The number of hydrogen-bond donors (Lipinski definition) is 0. The van der Waals surface area contributed by atoms with Gasteiger partial charge in [-0.15, -0.1) is 0 Å². The van der Waals surface area contributed by atoms with Crippen LogP contribution in [0.5, 0.6) is 17.5 Å². The van der Waals surface area contributed by atoms with Gasteiger partial charge < -0.3 is 14.2 Å². The zero-order valence-electron chi connectivity index (χ0n) is 16.3. The summed E-state index contributed by atoms with van der Waals surface area (Å²) in [6.45, 7) is 1.14. The fourth-order valence-corrected chi connectivity index (χ4v) is 4.90. The molecule has 0 radical (unpaired) electrons. The molecule has 0 spiro atoms. The molecule has 1 atom stereocenters. The highest BCUT2D eigenvalue weighted by atomic mass is 32.2. The van der Waals surface area contributed by atoms with Gasteiger partial charge >= 0.3 is 12.2 Å². The van der Waals surface area contributed by atoms with Gasteiger partial charge in [-0.2, -0.15) is 22.5 Å². The van der Waals surface area contributed by atoms with Crippen LogP contribution >= 0.6 is 0 Å². The predicted molar refractivity (Wildman–Crippen MR) is 101 cm³/mol. The highest BCUT2D eigenvalue weighted by Crippen LogP contribution is 2.34. The zero-order chi connectivity index (χ0) is 22.1. The van der Waals surface area contributed by atoms with Crippen molar-refractivity contribution in [1.82, 2.24) is 14.3 Å². The van der Waals surface area contributed by atoms with E-state index in [2.05, 4.69) is 9.97 Å². The lowest BCUT2D eigenvalue weighted by atomic mass is 10.1. The van der Waals surface area contributed by atoms with Gasteiger partial charge in [0.05, 0.1) is 24.7 Å². The summed E-state index contributed by atoms with van der Waals surface area (Å²) in [5, 5.41) is 0. The Bertz CT molecular complexity index is 1050. The normalized spacial score (nSPS) is 20.2. The Morgan fingerprint density at radius 3 is 2.65 bits per heavy atom. The van der Waals surface area contributed by atoms with E-state index in [0.717, 1.165) is 12.3 Å². The van der Waals surface area contributed by atoms with Crippen LogP contribution in [0.25, 0.3) is 0 Å². The van der Waals surface area contributed by atoms with Crippen LogP contribution in [0.2, 0.25) is 0 Å². The molecule has 31 heavy (non-hydrogen) atoms. The predicted octanol–water partition coefficient (Wildman–Crippen LogP) is 2.89. The number of fused-ring (bicyclic) bond motifs is 1. The maximum atomic E-state index is 13.1. The fraction of sp³-hybridized carbons (Fsp3) is 0.474. The smallest absolute Gasteiger partial charge is 0.433 e. The number of alkyl halides is 3. The molecule has 4 rings (SSSR count). The number of piperidine rings is 1. The summed E-state index contributed by atoms with van der Waals surface area (Å²) in [6.07, 6.45) is -2.70. The molecule has 1 fully saturated rings. The second-order valence-corrected chi connectivity index (χ2v) is 9.06. The number of sulfonamides is 1. The van der Waals surface area contributed by atoms with Crippen molar-refractivity contribution in [2.75, 3.05) is 26.3 Å². The molecule has 168 valence electrons. The van der Waals surface area contributed by atoms with Crippen LogP contribution in [0.15, 0.2) is 35.4 Å². The third kappa shape index (κ3) is 4.85. The summed E-state index contributed by atoms with van der Waals surface area (Å²) in [5.41, 5.74) is -1.12. The average Bonchev–Trinajstić information content (AvgIpc) is 2.98. The summed E-state index contributed by atoms with van der Waals surface area (Å²) in [7, 11) is -3.87. The number of aromatic nitrogens is 2. The van der Waals surface area contributed by atoms with Gasteiger partial charge in [-0.05, 0) is 31.0 Å². The molecule has 0 amide bonds. The second kappa shape index (κ2) is 8.50. The number of ether oxygens (including phenoxy) is 3. The molecule has 1 unspecified atom stereocenters.